The summed E-state index contributed by atoms with van der Waals surface area (Å²) in [5, 5.41) is 9.98. The van der Waals surface area contributed by atoms with E-state index in [4.69, 9.17) is 16.3 Å². The first kappa shape index (κ1) is 30.2. The van der Waals surface area contributed by atoms with Crippen molar-refractivity contribution in [2.75, 3.05) is 50.7 Å². The van der Waals surface area contributed by atoms with Crippen LogP contribution in [0.25, 0.3) is 5.57 Å². The molecule has 0 aromatic heterocycles. The molecule has 2 aliphatic heterocycles. The standard InChI is InChI=1S/C36H40ClN3O4/c37-31-10-6-28(7-11-31)33-14-15-36(16-18-40(19-17-36)35(43)44-26-27-4-2-1-3-5-27)24-30(33)25-38-20-22-39(23-21-38)32-12-8-29(9-13-32)34(41)42/h1-13H,14-26H2,(H,41,42). The fourth-order valence-electron chi connectivity index (χ4n) is 7.02. The number of benzene rings is 3. The molecule has 0 bridgehead atoms. The summed E-state index contributed by atoms with van der Waals surface area (Å²) in [5.41, 5.74) is 6.81. The van der Waals surface area contributed by atoms with Gasteiger partial charge in [-0.25, -0.2) is 9.59 Å². The maximum Gasteiger partial charge on any atom is 0.410 e. The lowest BCUT2D eigenvalue weighted by Gasteiger charge is -2.46. The van der Waals surface area contributed by atoms with E-state index in [0.717, 1.165) is 94.2 Å². The van der Waals surface area contributed by atoms with Gasteiger partial charge >= 0.3 is 12.1 Å². The molecular weight excluding hydrogens is 574 g/mol. The molecule has 0 unspecified atom stereocenters. The number of allylic oxidation sites excluding steroid dienone is 1. The highest BCUT2D eigenvalue weighted by atomic mass is 35.5. The third-order valence-corrected chi connectivity index (χ3v) is 9.92. The molecule has 7 nitrogen and oxygen atoms in total. The second-order valence-corrected chi connectivity index (χ2v) is 12.8. The summed E-state index contributed by atoms with van der Waals surface area (Å²) in [6, 6.07) is 25.3. The predicted octanol–water partition coefficient (Wildman–Crippen LogP) is 7.22. The van der Waals surface area contributed by atoms with Gasteiger partial charge in [-0.1, -0.05) is 59.6 Å². The molecule has 3 aromatic rings. The normalized spacial score (nSPS) is 18.8. The van der Waals surface area contributed by atoms with Crippen LogP contribution in [-0.4, -0.2) is 72.8 Å². The maximum atomic E-state index is 12.9. The molecule has 1 amide bonds. The number of halogens is 1. The van der Waals surface area contributed by atoms with Crippen LogP contribution in [0.3, 0.4) is 0 Å². The smallest absolute Gasteiger partial charge is 0.410 e. The zero-order valence-electron chi connectivity index (χ0n) is 25.1. The molecule has 3 aromatic carbocycles. The minimum absolute atomic E-state index is 0.204. The zero-order valence-corrected chi connectivity index (χ0v) is 25.8. The Labute approximate surface area is 264 Å². The Bertz CT molecular complexity index is 1470. The quantitative estimate of drug-likeness (QED) is 0.303. The summed E-state index contributed by atoms with van der Waals surface area (Å²) >= 11 is 6.24. The molecule has 0 radical (unpaired) electrons. The van der Waals surface area contributed by atoms with Gasteiger partial charge in [0, 0.05) is 56.5 Å². The van der Waals surface area contributed by atoms with Crippen molar-refractivity contribution in [1.29, 1.82) is 0 Å². The van der Waals surface area contributed by atoms with Crippen molar-refractivity contribution in [3.63, 3.8) is 0 Å². The van der Waals surface area contributed by atoms with Crippen molar-refractivity contribution in [3.8, 4) is 0 Å². The van der Waals surface area contributed by atoms with Crippen molar-refractivity contribution in [2.45, 2.75) is 38.7 Å². The Morgan fingerprint density at radius 2 is 1.50 bits per heavy atom. The van der Waals surface area contributed by atoms with Gasteiger partial charge in [0.25, 0.3) is 0 Å². The number of ether oxygens (including phenoxy) is 1. The number of carboxylic acid groups (broad SMARTS) is 1. The fraction of sp³-hybridized carbons (Fsp3) is 0.389. The first-order valence-corrected chi connectivity index (χ1v) is 16.0. The minimum atomic E-state index is -0.898. The van der Waals surface area contributed by atoms with E-state index in [-0.39, 0.29) is 11.5 Å². The lowest BCUT2D eigenvalue weighted by molar-refractivity contribution is 0.0561. The van der Waals surface area contributed by atoms with E-state index in [1.165, 1.54) is 16.7 Å². The Balaban J connectivity index is 1.10. The third-order valence-electron chi connectivity index (χ3n) is 9.67. The number of hydrogen-bond donors (Lipinski definition) is 1. The summed E-state index contributed by atoms with van der Waals surface area (Å²) in [6.07, 6.45) is 4.98. The lowest BCUT2D eigenvalue weighted by Crippen LogP contribution is -2.48. The van der Waals surface area contributed by atoms with E-state index in [2.05, 4.69) is 21.9 Å². The number of likely N-dealkylation sites (tertiary alicyclic amines) is 1. The number of carboxylic acids is 1. The van der Waals surface area contributed by atoms with Crippen LogP contribution >= 0.6 is 11.6 Å². The summed E-state index contributed by atoms with van der Waals surface area (Å²) in [5.74, 6) is -0.898. The van der Waals surface area contributed by atoms with Crippen LogP contribution in [0.5, 0.6) is 0 Å². The van der Waals surface area contributed by atoms with Crippen LogP contribution < -0.4 is 4.90 Å². The van der Waals surface area contributed by atoms with Gasteiger partial charge in [0.1, 0.15) is 6.61 Å². The molecular formula is C36H40ClN3O4. The number of carbonyl (C=O) groups excluding carboxylic acids is 1. The highest BCUT2D eigenvalue weighted by Gasteiger charge is 2.40. The number of rotatable bonds is 7. The average molecular weight is 614 g/mol. The topological polar surface area (TPSA) is 73.3 Å². The van der Waals surface area contributed by atoms with Gasteiger partial charge in [-0.2, -0.15) is 0 Å². The van der Waals surface area contributed by atoms with Crippen LogP contribution in [0.4, 0.5) is 10.5 Å². The Morgan fingerprint density at radius 3 is 2.16 bits per heavy atom. The van der Waals surface area contributed by atoms with E-state index in [1.807, 2.05) is 59.5 Å². The third kappa shape index (κ3) is 7.11. The van der Waals surface area contributed by atoms with E-state index in [1.54, 1.807) is 12.1 Å². The molecule has 1 aliphatic carbocycles. The van der Waals surface area contributed by atoms with Gasteiger partial charge in [0.15, 0.2) is 0 Å². The van der Waals surface area contributed by atoms with Crippen molar-refractivity contribution >= 4 is 34.9 Å². The number of hydrogen-bond acceptors (Lipinski definition) is 5. The molecule has 44 heavy (non-hydrogen) atoms. The van der Waals surface area contributed by atoms with Gasteiger partial charge in [0.05, 0.1) is 5.56 Å². The predicted molar refractivity (Wildman–Crippen MR) is 174 cm³/mol. The van der Waals surface area contributed by atoms with Gasteiger partial charge in [0.2, 0.25) is 0 Å². The second kappa shape index (κ2) is 13.4. The number of carbonyl (C=O) groups is 2. The molecule has 1 spiro atoms. The van der Waals surface area contributed by atoms with Gasteiger partial charge in [-0.05, 0) is 90.6 Å². The number of anilines is 1. The molecule has 2 fully saturated rings. The highest BCUT2D eigenvalue weighted by molar-refractivity contribution is 6.30. The lowest BCUT2D eigenvalue weighted by atomic mass is 9.65. The summed E-state index contributed by atoms with van der Waals surface area (Å²) < 4.78 is 5.64. The van der Waals surface area contributed by atoms with Crippen molar-refractivity contribution in [3.05, 3.63) is 106 Å². The minimum Gasteiger partial charge on any atom is -0.478 e. The van der Waals surface area contributed by atoms with E-state index in [0.29, 0.717) is 12.2 Å². The summed E-state index contributed by atoms with van der Waals surface area (Å²) in [7, 11) is 0. The second-order valence-electron chi connectivity index (χ2n) is 12.4. The number of nitrogens with zero attached hydrogens (tertiary/aromatic N) is 3. The summed E-state index contributed by atoms with van der Waals surface area (Å²) in [6.45, 7) is 6.42. The molecule has 2 saturated heterocycles. The van der Waals surface area contributed by atoms with Crippen LogP contribution in [0, 0.1) is 5.41 Å². The molecule has 230 valence electrons. The molecule has 2 heterocycles. The number of amides is 1. The number of piperidine rings is 1. The molecule has 6 rings (SSSR count). The fourth-order valence-corrected chi connectivity index (χ4v) is 7.14. The van der Waals surface area contributed by atoms with Crippen molar-refractivity contribution < 1.29 is 19.4 Å². The molecule has 1 N–H and O–H groups in total. The Kier molecular flexibility index (Phi) is 9.24. The molecule has 8 heteroatoms. The monoisotopic (exact) mass is 613 g/mol. The largest absolute Gasteiger partial charge is 0.478 e. The van der Waals surface area contributed by atoms with Gasteiger partial charge in [-0.3, -0.25) is 4.90 Å². The number of aromatic carboxylic acids is 1. The van der Waals surface area contributed by atoms with Crippen LogP contribution in [0.15, 0.2) is 84.4 Å². The van der Waals surface area contributed by atoms with Crippen LogP contribution in [-0.2, 0) is 11.3 Å². The van der Waals surface area contributed by atoms with E-state index in [9.17, 15) is 14.7 Å². The first-order valence-electron chi connectivity index (χ1n) is 15.6. The first-order chi connectivity index (χ1) is 21.4. The zero-order chi connectivity index (χ0) is 30.5. The molecule has 0 saturated carbocycles. The van der Waals surface area contributed by atoms with Crippen molar-refractivity contribution in [1.82, 2.24) is 9.80 Å². The van der Waals surface area contributed by atoms with Crippen LogP contribution in [0.1, 0.15) is 53.6 Å². The average Bonchev–Trinajstić information content (AvgIpc) is 3.06. The van der Waals surface area contributed by atoms with E-state index >= 15 is 0 Å². The Hall–Kier alpha value is -3.81. The maximum absolute atomic E-state index is 12.9. The Morgan fingerprint density at radius 1 is 0.818 bits per heavy atom. The summed E-state index contributed by atoms with van der Waals surface area (Å²) in [4.78, 5) is 30.9. The van der Waals surface area contributed by atoms with Crippen LogP contribution in [0.2, 0.25) is 5.02 Å². The van der Waals surface area contributed by atoms with Gasteiger partial charge < -0.3 is 19.6 Å². The van der Waals surface area contributed by atoms with Gasteiger partial charge in [-0.15, -0.1) is 0 Å². The molecule has 0 atom stereocenters. The van der Waals surface area contributed by atoms with E-state index < -0.39 is 5.97 Å². The highest BCUT2D eigenvalue weighted by Crippen LogP contribution is 2.49. The SMILES string of the molecule is O=C(O)c1ccc(N2CCN(CC3=C(c4ccc(Cl)cc4)CCC4(CCN(C(=O)OCc5ccccc5)CC4)C3)CC2)cc1. The van der Waals surface area contributed by atoms with Crippen molar-refractivity contribution in [2.24, 2.45) is 5.41 Å². The molecule has 3 aliphatic rings. The number of piperazine rings is 1.